The number of carbonyl (C=O) groups is 4. The van der Waals surface area contributed by atoms with Gasteiger partial charge in [-0.15, -0.1) is 0 Å². The summed E-state index contributed by atoms with van der Waals surface area (Å²) in [4.78, 5) is 61.6. The van der Waals surface area contributed by atoms with Crippen molar-refractivity contribution >= 4 is 69.0 Å². The van der Waals surface area contributed by atoms with Crippen LogP contribution in [0.4, 0.5) is 11.4 Å². The van der Waals surface area contributed by atoms with Crippen molar-refractivity contribution in [2.75, 3.05) is 9.80 Å². The number of hydrogen-bond donors (Lipinski definition) is 1. The number of fused-ring (bicyclic) bond motifs is 5. The van der Waals surface area contributed by atoms with Crippen molar-refractivity contribution in [1.82, 2.24) is 0 Å². The molecule has 258 valence electrons. The molecule has 0 radical (unpaired) electrons. The zero-order chi connectivity index (χ0) is 36.1. The van der Waals surface area contributed by atoms with Gasteiger partial charge in [-0.25, -0.2) is 9.80 Å². The van der Waals surface area contributed by atoms with Gasteiger partial charge in [0.15, 0.2) is 0 Å². The van der Waals surface area contributed by atoms with Gasteiger partial charge in [0.05, 0.1) is 34.5 Å². The van der Waals surface area contributed by atoms with E-state index < -0.39 is 46.8 Å². The van der Waals surface area contributed by atoms with Crippen LogP contribution in [0.1, 0.15) is 35.4 Å². The molecule has 5 aromatic rings. The van der Waals surface area contributed by atoms with Crippen LogP contribution in [0.15, 0.2) is 121 Å². The summed E-state index contributed by atoms with van der Waals surface area (Å²) in [6, 6.07) is 32.3. The molecular formula is C43H32Cl2N2O5. The molecule has 7 nitrogen and oxygen atoms in total. The van der Waals surface area contributed by atoms with Gasteiger partial charge in [0, 0.05) is 26.9 Å². The molecule has 3 fully saturated rings. The maximum Gasteiger partial charge on any atom is 0.246 e. The maximum atomic E-state index is 15.5. The van der Waals surface area contributed by atoms with E-state index in [4.69, 9.17) is 23.2 Å². The number of carbonyl (C=O) groups excluding carboxylic acids is 4. The zero-order valence-electron chi connectivity index (χ0n) is 28.0. The number of aromatic hydroxyl groups is 1. The molecule has 9 heteroatoms. The third-order valence-electron chi connectivity index (χ3n) is 11.8. The number of hydrogen-bond acceptors (Lipinski definition) is 5. The largest absolute Gasteiger partial charge is 0.507 e. The summed E-state index contributed by atoms with van der Waals surface area (Å²) in [6.45, 7) is 1.85. The Morgan fingerprint density at radius 2 is 1.48 bits per heavy atom. The molecule has 0 spiro atoms. The van der Waals surface area contributed by atoms with Crippen LogP contribution >= 0.6 is 23.2 Å². The van der Waals surface area contributed by atoms with Gasteiger partial charge in [-0.1, -0.05) is 114 Å². The minimum Gasteiger partial charge on any atom is -0.507 e. The first kappa shape index (κ1) is 32.7. The van der Waals surface area contributed by atoms with E-state index in [9.17, 15) is 19.5 Å². The fourth-order valence-corrected chi connectivity index (χ4v) is 9.93. The summed E-state index contributed by atoms with van der Waals surface area (Å²) < 4.78 is 0. The molecule has 2 aliphatic heterocycles. The molecule has 1 saturated carbocycles. The van der Waals surface area contributed by atoms with Gasteiger partial charge in [-0.05, 0) is 72.5 Å². The van der Waals surface area contributed by atoms with Crippen molar-refractivity contribution in [2.45, 2.75) is 31.1 Å². The number of halogens is 2. The predicted molar refractivity (Wildman–Crippen MR) is 200 cm³/mol. The van der Waals surface area contributed by atoms with E-state index in [2.05, 4.69) is 0 Å². The highest BCUT2D eigenvalue weighted by molar-refractivity contribution is 6.33. The lowest BCUT2D eigenvalue weighted by atomic mass is 9.49. The molecule has 4 aliphatic rings. The number of rotatable bonds is 4. The minimum absolute atomic E-state index is 0.00651. The molecule has 4 amide bonds. The van der Waals surface area contributed by atoms with Gasteiger partial charge in [-0.3, -0.25) is 19.2 Å². The fraction of sp³-hybridized carbons (Fsp3) is 0.209. The van der Waals surface area contributed by atoms with Crippen LogP contribution in [0.2, 0.25) is 10.0 Å². The highest BCUT2D eigenvalue weighted by atomic mass is 35.5. The number of anilines is 2. The smallest absolute Gasteiger partial charge is 0.246 e. The van der Waals surface area contributed by atoms with E-state index in [0.29, 0.717) is 37.9 Å². The summed E-state index contributed by atoms with van der Waals surface area (Å²) in [7, 11) is 0. The number of imide groups is 2. The van der Waals surface area contributed by atoms with Crippen LogP contribution in [0.3, 0.4) is 0 Å². The molecule has 6 unspecified atom stereocenters. The van der Waals surface area contributed by atoms with E-state index in [1.54, 1.807) is 42.5 Å². The highest BCUT2D eigenvalue weighted by Gasteiger charge is 2.70. The van der Waals surface area contributed by atoms with Crippen LogP contribution < -0.4 is 9.80 Å². The van der Waals surface area contributed by atoms with E-state index in [1.165, 1.54) is 9.80 Å². The number of amides is 4. The topological polar surface area (TPSA) is 95.0 Å². The Hall–Kier alpha value is -5.24. The highest BCUT2D eigenvalue weighted by Crippen LogP contribution is 2.65. The number of aryl methyl sites for hydroxylation is 1. The Morgan fingerprint density at radius 3 is 2.25 bits per heavy atom. The number of benzene rings is 5. The summed E-state index contributed by atoms with van der Waals surface area (Å²) in [5.74, 6) is -5.32. The second kappa shape index (κ2) is 11.9. The normalized spacial score (nSPS) is 26.8. The van der Waals surface area contributed by atoms with Gasteiger partial charge < -0.3 is 5.11 Å². The van der Waals surface area contributed by atoms with Gasteiger partial charge in [0.1, 0.15) is 5.75 Å². The second-order valence-electron chi connectivity index (χ2n) is 14.3. The third kappa shape index (κ3) is 4.45. The first-order valence-electron chi connectivity index (χ1n) is 17.4. The average Bonchev–Trinajstić information content (AvgIpc) is 3.54. The molecular weight excluding hydrogens is 695 g/mol. The molecule has 5 aromatic carbocycles. The lowest BCUT2D eigenvalue weighted by Crippen LogP contribution is -2.53. The Kier molecular flexibility index (Phi) is 7.47. The Balaban J connectivity index is 1.29. The number of nitrogens with zero attached hydrogens (tertiary/aromatic N) is 2. The van der Waals surface area contributed by atoms with Crippen molar-refractivity contribution in [2.24, 2.45) is 23.7 Å². The number of phenols is 1. The summed E-state index contributed by atoms with van der Waals surface area (Å²) in [6.07, 6.45) is 2.40. The minimum atomic E-state index is -1.49. The maximum absolute atomic E-state index is 15.5. The molecule has 9 rings (SSSR count). The third-order valence-corrected chi connectivity index (χ3v) is 12.5. The summed E-state index contributed by atoms with van der Waals surface area (Å²) in [5, 5.41) is 14.4. The molecule has 2 heterocycles. The van der Waals surface area contributed by atoms with Crippen LogP contribution in [0.5, 0.6) is 5.75 Å². The monoisotopic (exact) mass is 726 g/mol. The standard InChI is InChI=1S/C43H32Cl2N2O5/c1-23-14-16-28(21-35(23)45)46-39(49)31-19-18-30-33(36(31)41(46)51)22-34-40(50)47(27-12-7-11-26(44)20-27)42(52)43(34,25-9-3-2-4-10-25)37(30)32-17-15-24-8-5-6-13-29(24)38(32)48/h2-18,20-21,31,33-34,36-37,48H,19,22H2,1H3. The number of phenolic OH excluding ortho intramolecular Hbond substituents is 1. The molecule has 2 saturated heterocycles. The van der Waals surface area contributed by atoms with Crippen molar-refractivity contribution in [3.63, 3.8) is 0 Å². The van der Waals surface area contributed by atoms with E-state index in [-0.39, 0.29) is 30.4 Å². The quantitative estimate of drug-likeness (QED) is 0.148. The van der Waals surface area contributed by atoms with Gasteiger partial charge in [0.2, 0.25) is 23.6 Å². The summed E-state index contributed by atoms with van der Waals surface area (Å²) in [5.41, 5.74) is 1.96. The van der Waals surface area contributed by atoms with Crippen LogP contribution in [-0.4, -0.2) is 28.7 Å². The van der Waals surface area contributed by atoms with Crippen molar-refractivity contribution < 1.29 is 24.3 Å². The Bertz CT molecular complexity index is 2410. The van der Waals surface area contributed by atoms with Crippen LogP contribution in [-0.2, 0) is 24.6 Å². The predicted octanol–water partition coefficient (Wildman–Crippen LogP) is 8.53. The van der Waals surface area contributed by atoms with Crippen LogP contribution in [0, 0.1) is 30.6 Å². The second-order valence-corrected chi connectivity index (χ2v) is 15.1. The Labute approximate surface area is 310 Å². The van der Waals surface area contributed by atoms with Crippen molar-refractivity contribution in [3.05, 3.63) is 148 Å². The van der Waals surface area contributed by atoms with E-state index in [1.807, 2.05) is 79.7 Å². The molecule has 2 aliphatic carbocycles. The van der Waals surface area contributed by atoms with Crippen LogP contribution in [0.25, 0.3) is 10.8 Å². The van der Waals surface area contributed by atoms with Gasteiger partial charge in [-0.2, -0.15) is 0 Å². The molecule has 6 atom stereocenters. The first-order chi connectivity index (χ1) is 25.1. The fourth-order valence-electron chi connectivity index (χ4n) is 9.57. The summed E-state index contributed by atoms with van der Waals surface area (Å²) >= 11 is 12.9. The van der Waals surface area contributed by atoms with E-state index >= 15 is 4.79 Å². The first-order valence-corrected chi connectivity index (χ1v) is 18.1. The Morgan fingerprint density at radius 1 is 0.731 bits per heavy atom. The SMILES string of the molecule is Cc1ccc(N2C(=O)C3CC=C4C(CC5C(=O)N(c6cccc(Cl)c6)C(=O)C5(c5ccccc5)C4c4ccc5ccccc5c4O)C3C2=O)cc1Cl. The molecule has 1 N–H and O–H groups in total. The van der Waals surface area contributed by atoms with Crippen molar-refractivity contribution in [1.29, 1.82) is 0 Å². The lowest BCUT2D eigenvalue weighted by molar-refractivity contribution is -0.127. The van der Waals surface area contributed by atoms with E-state index in [0.717, 1.165) is 16.5 Å². The van der Waals surface area contributed by atoms with Gasteiger partial charge >= 0.3 is 0 Å². The van der Waals surface area contributed by atoms with Crippen molar-refractivity contribution in [3.8, 4) is 5.75 Å². The molecule has 0 bridgehead atoms. The average molecular weight is 728 g/mol. The zero-order valence-corrected chi connectivity index (χ0v) is 29.5. The number of allylic oxidation sites excluding steroid dienone is 2. The van der Waals surface area contributed by atoms with Gasteiger partial charge in [0.25, 0.3) is 0 Å². The molecule has 52 heavy (non-hydrogen) atoms. The molecule has 0 aromatic heterocycles. The lowest BCUT2D eigenvalue weighted by Gasteiger charge is -2.50.